The van der Waals surface area contributed by atoms with Crippen molar-refractivity contribution < 1.29 is 14.0 Å². The first kappa shape index (κ1) is 15.1. The summed E-state index contributed by atoms with van der Waals surface area (Å²) in [6, 6.07) is 4.31. The van der Waals surface area contributed by atoms with Crippen molar-refractivity contribution in [1.29, 1.82) is 0 Å². The molecule has 4 rings (SSSR count). The van der Waals surface area contributed by atoms with Crippen LogP contribution in [0.3, 0.4) is 0 Å². The summed E-state index contributed by atoms with van der Waals surface area (Å²) in [5.41, 5.74) is 1.09. The highest BCUT2D eigenvalue weighted by molar-refractivity contribution is 5.94. The van der Waals surface area contributed by atoms with Crippen LogP contribution in [-0.2, 0) is 4.79 Å². The summed E-state index contributed by atoms with van der Waals surface area (Å²) in [7, 11) is 0. The minimum Gasteiger partial charge on any atom is -0.338 e. The van der Waals surface area contributed by atoms with Crippen LogP contribution in [0.4, 0.5) is 4.39 Å². The molecule has 1 N–H and O–H groups in total. The average Bonchev–Trinajstić information content (AvgIpc) is 3.20. The monoisotopic (exact) mass is 330 g/mol. The Morgan fingerprint density at radius 3 is 2.96 bits per heavy atom. The molecule has 0 radical (unpaired) electrons. The third kappa shape index (κ3) is 2.64. The number of fused-ring (bicyclic) bond motifs is 1. The molecule has 7 heteroatoms. The van der Waals surface area contributed by atoms with Crippen LogP contribution in [0.1, 0.15) is 36.3 Å². The number of nitrogens with zero attached hydrogens (tertiary/aromatic N) is 3. The molecule has 0 aliphatic carbocycles. The van der Waals surface area contributed by atoms with Gasteiger partial charge in [0, 0.05) is 32.1 Å². The van der Waals surface area contributed by atoms with E-state index in [1.54, 1.807) is 11.0 Å². The molecule has 2 saturated heterocycles. The maximum atomic E-state index is 13.3. The van der Waals surface area contributed by atoms with E-state index in [0.717, 1.165) is 25.8 Å². The number of aromatic nitrogens is 2. The predicted octanol–water partition coefficient (Wildman–Crippen LogP) is 1.93. The number of aromatic amines is 1. The van der Waals surface area contributed by atoms with Crippen LogP contribution in [0.15, 0.2) is 18.2 Å². The van der Waals surface area contributed by atoms with Crippen LogP contribution in [0.25, 0.3) is 11.0 Å². The maximum Gasteiger partial charge on any atom is 0.289 e. The summed E-state index contributed by atoms with van der Waals surface area (Å²) < 4.78 is 13.3. The number of imidazole rings is 1. The van der Waals surface area contributed by atoms with E-state index >= 15 is 0 Å². The van der Waals surface area contributed by atoms with Crippen molar-refractivity contribution in [2.45, 2.75) is 31.7 Å². The van der Waals surface area contributed by atoms with E-state index < -0.39 is 0 Å². The second-order valence-electron chi connectivity index (χ2n) is 6.48. The number of carbonyl (C=O) groups excluding carboxylic acids is 2. The molecular weight excluding hydrogens is 311 g/mol. The number of amides is 2. The van der Waals surface area contributed by atoms with Crippen LogP contribution in [-0.4, -0.2) is 57.3 Å². The Kier molecular flexibility index (Phi) is 3.70. The van der Waals surface area contributed by atoms with Gasteiger partial charge in [0.2, 0.25) is 5.91 Å². The lowest BCUT2D eigenvalue weighted by Crippen LogP contribution is -2.50. The fourth-order valence-electron chi connectivity index (χ4n) is 3.68. The van der Waals surface area contributed by atoms with Gasteiger partial charge in [0.05, 0.1) is 11.0 Å². The lowest BCUT2D eigenvalue weighted by atomic mass is 10.0. The summed E-state index contributed by atoms with van der Waals surface area (Å²) in [5, 5.41) is 0. The highest BCUT2D eigenvalue weighted by Crippen LogP contribution is 2.23. The van der Waals surface area contributed by atoms with Gasteiger partial charge in [-0.1, -0.05) is 0 Å². The fraction of sp³-hybridized carbons (Fsp3) is 0.471. The van der Waals surface area contributed by atoms with Crippen LogP contribution < -0.4 is 0 Å². The molecule has 1 atom stereocenters. The zero-order valence-electron chi connectivity index (χ0n) is 13.3. The molecule has 24 heavy (non-hydrogen) atoms. The Morgan fingerprint density at radius 2 is 2.17 bits per heavy atom. The van der Waals surface area contributed by atoms with Gasteiger partial charge in [-0.25, -0.2) is 9.37 Å². The minimum atomic E-state index is -0.365. The lowest BCUT2D eigenvalue weighted by molar-refractivity contribution is -0.130. The van der Waals surface area contributed by atoms with E-state index in [0.29, 0.717) is 30.5 Å². The van der Waals surface area contributed by atoms with Gasteiger partial charge in [0.15, 0.2) is 5.82 Å². The Hall–Kier alpha value is -2.44. The molecule has 2 aromatic rings. The second kappa shape index (κ2) is 5.89. The molecule has 6 nitrogen and oxygen atoms in total. The predicted molar refractivity (Wildman–Crippen MR) is 85.9 cm³/mol. The van der Waals surface area contributed by atoms with E-state index in [4.69, 9.17) is 0 Å². The van der Waals surface area contributed by atoms with Gasteiger partial charge in [-0.2, -0.15) is 0 Å². The molecule has 126 valence electrons. The Labute approximate surface area is 138 Å². The number of H-pyrrole nitrogens is 1. The summed E-state index contributed by atoms with van der Waals surface area (Å²) in [6.07, 6.45) is 3.31. The third-order valence-corrected chi connectivity index (χ3v) is 4.88. The van der Waals surface area contributed by atoms with Crippen molar-refractivity contribution in [2.75, 3.05) is 19.6 Å². The first-order valence-electron chi connectivity index (χ1n) is 8.36. The van der Waals surface area contributed by atoms with Crippen molar-refractivity contribution in [2.24, 2.45) is 0 Å². The summed E-state index contributed by atoms with van der Waals surface area (Å²) in [5.74, 6) is -0.142. The van der Waals surface area contributed by atoms with Gasteiger partial charge in [-0.15, -0.1) is 0 Å². The molecule has 1 aromatic carbocycles. The van der Waals surface area contributed by atoms with Crippen LogP contribution in [0, 0.1) is 5.82 Å². The number of hydrogen-bond donors (Lipinski definition) is 1. The number of halogens is 1. The van der Waals surface area contributed by atoms with E-state index in [9.17, 15) is 14.0 Å². The van der Waals surface area contributed by atoms with Crippen molar-refractivity contribution in [3.63, 3.8) is 0 Å². The van der Waals surface area contributed by atoms with Crippen molar-refractivity contribution in [1.82, 2.24) is 19.8 Å². The first-order chi connectivity index (χ1) is 11.6. The average molecular weight is 330 g/mol. The molecule has 2 amide bonds. The lowest BCUT2D eigenvalue weighted by Gasteiger charge is -2.37. The van der Waals surface area contributed by atoms with Gasteiger partial charge >= 0.3 is 0 Å². The van der Waals surface area contributed by atoms with Crippen molar-refractivity contribution in [3.8, 4) is 0 Å². The maximum absolute atomic E-state index is 13.3. The second-order valence-corrected chi connectivity index (χ2v) is 6.48. The van der Waals surface area contributed by atoms with Crippen LogP contribution >= 0.6 is 0 Å². The van der Waals surface area contributed by atoms with Crippen LogP contribution in [0.2, 0.25) is 0 Å². The zero-order valence-corrected chi connectivity index (χ0v) is 13.3. The van der Waals surface area contributed by atoms with E-state index in [2.05, 4.69) is 9.97 Å². The largest absolute Gasteiger partial charge is 0.338 e. The zero-order chi connectivity index (χ0) is 16.7. The van der Waals surface area contributed by atoms with Gasteiger partial charge in [-0.3, -0.25) is 9.59 Å². The number of benzene rings is 1. The minimum absolute atomic E-state index is 0.0968. The van der Waals surface area contributed by atoms with Crippen molar-refractivity contribution in [3.05, 3.63) is 29.8 Å². The number of carbonyl (C=O) groups is 2. The Balaban J connectivity index is 1.53. The van der Waals surface area contributed by atoms with E-state index in [1.165, 1.54) is 12.1 Å². The number of piperidine rings is 1. The number of likely N-dealkylation sites (tertiary alicyclic amines) is 2. The molecular formula is C17H19FN4O2. The highest BCUT2D eigenvalue weighted by Gasteiger charge is 2.33. The van der Waals surface area contributed by atoms with Gasteiger partial charge in [0.1, 0.15) is 5.82 Å². The molecule has 2 fully saturated rings. The normalized spacial score (nSPS) is 21.7. The molecule has 1 aromatic heterocycles. The molecule has 3 heterocycles. The van der Waals surface area contributed by atoms with Gasteiger partial charge in [-0.05, 0) is 37.5 Å². The molecule has 0 unspecified atom stereocenters. The summed E-state index contributed by atoms with van der Waals surface area (Å²) >= 11 is 0. The molecule has 0 bridgehead atoms. The molecule has 0 spiro atoms. The summed E-state index contributed by atoms with van der Waals surface area (Å²) in [4.78, 5) is 35.5. The van der Waals surface area contributed by atoms with Gasteiger partial charge in [0.25, 0.3) is 5.91 Å². The Bertz CT molecular complexity index is 803. The molecule has 0 saturated carbocycles. The van der Waals surface area contributed by atoms with Crippen LogP contribution in [0.5, 0.6) is 0 Å². The SMILES string of the molecule is O=C(c1nc2ccc(F)cc2[nH]1)N1CCC[C@@H](N2CCCC2=O)C1. The quantitative estimate of drug-likeness (QED) is 0.915. The van der Waals surface area contributed by atoms with E-state index in [-0.39, 0.29) is 29.5 Å². The van der Waals surface area contributed by atoms with Crippen molar-refractivity contribution >= 4 is 22.8 Å². The summed E-state index contributed by atoms with van der Waals surface area (Å²) in [6.45, 7) is 1.98. The topological polar surface area (TPSA) is 69.3 Å². The Morgan fingerprint density at radius 1 is 1.29 bits per heavy atom. The highest BCUT2D eigenvalue weighted by atomic mass is 19.1. The van der Waals surface area contributed by atoms with Gasteiger partial charge < -0.3 is 14.8 Å². The number of hydrogen-bond acceptors (Lipinski definition) is 3. The number of nitrogens with one attached hydrogen (secondary N) is 1. The number of rotatable bonds is 2. The van der Waals surface area contributed by atoms with E-state index in [1.807, 2.05) is 4.90 Å². The fourth-order valence-corrected chi connectivity index (χ4v) is 3.68. The third-order valence-electron chi connectivity index (χ3n) is 4.88. The smallest absolute Gasteiger partial charge is 0.289 e. The molecule has 2 aliphatic rings. The molecule has 2 aliphatic heterocycles. The first-order valence-corrected chi connectivity index (χ1v) is 8.36. The standard InChI is InChI=1S/C17H19FN4O2/c18-11-5-6-13-14(9-11)20-16(19-13)17(24)21-7-1-3-12(10-21)22-8-2-4-15(22)23/h5-6,9,12H,1-4,7-8,10H2,(H,19,20)/t12-/m1/s1.